The molecule has 2 atom stereocenters. The van der Waals surface area contributed by atoms with Gasteiger partial charge in [-0.1, -0.05) is 24.0 Å². The quantitative estimate of drug-likeness (QED) is 0.113. The van der Waals surface area contributed by atoms with Gasteiger partial charge in [0, 0.05) is 35.3 Å². The number of hydrogen-bond donors (Lipinski definition) is 5. The summed E-state index contributed by atoms with van der Waals surface area (Å²) < 4.78 is 11.9. The molecule has 7 nitrogen and oxygen atoms in total. The second-order valence-electron chi connectivity index (χ2n) is 7.75. The van der Waals surface area contributed by atoms with Crippen molar-refractivity contribution in [2.24, 2.45) is 5.73 Å². The third-order valence-corrected chi connectivity index (χ3v) is 4.91. The summed E-state index contributed by atoms with van der Waals surface area (Å²) in [6, 6.07) is 13.1. The van der Waals surface area contributed by atoms with E-state index in [0.717, 1.165) is 11.1 Å². The number of halogens is 2. The van der Waals surface area contributed by atoms with Gasteiger partial charge < -0.3 is 16.4 Å². The molecule has 0 aromatic heterocycles. The number of rotatable bonds is 8. The highest BCUT2D eigenvalue weighted by Crippen LogP contribution is 2.10. The number of hydrogen-bond acceptors (Lipinski definition) is 5. The molecule has 0 saturated heterocycles. The molecule has 6 N–H and O–H groups in total. The van der Waals surface area contributed by atoms with Gasteiger partial charge >= 0.3 is 0 Å². The first-order chi connectivity index (χ1) is 15.1. The van der Waals surface area contributed by atoms with Crippen molar-refractivity contribution in [3.8, 4) is 11.8 Å². The van der Waals surface area contributed by atoms with Crippen molar-refractivity contribution in [3.63, 3.8) is 0 Å². The molecule has 2 aromatic rings. The number of benzene rings is 2. The van der Waals surface area contributed by atoms with Crippen molar-refractivity contribution in [3.05, 3.63) is 70.8 Å². The topological polar surface area (TPSA) is 116 Å². The van der Waals surface area contributed by atoms with Gasteiger partial charge in [-0.25, -0.2) is 9.87 Å². The van der Waals surface area contributed by atoms with E-state index in [-0.39, 0.29) is 0 Å². The molecule has 0 bridgehead atoms. The Morgan fingerprint density at radius 2 is 1.62 bits per heavy atom. The lowest BCUT2D eigenvalue weighted by Gasteiger charge is -2.29. The maximum absolute atomic E-state index is 12.8. The SMILES string of the molecule is CC(C)(N)C(NC(=O)c1ccc(C#Cc2ccc(CNCC(F)I)cc2)cc1)C(=O)NO. The Morgan fingerprint density at radius 3 is 2.09 bits per heavy atom. The van der Waals surface area contributed by atoms with Crippen molar-refractivity contribution in [1.82, 2.24) is 16.1 Å². The van der Waals surface area contributed by atoms with Gasteiger partial charge in [0.1, 0.15) is 6.04 Å². The van der Waals surface area contributed by atoms with E-state index in [0.29, 0.717) is 24.2 Å². The lowest BCUT2D eigenvalue weighted by Crippen LogP contribution is -2.61. The molecule has 0 fully saturated rings. The van der Waals surface area contributed by atoms with Gasteiger partial charge in [0.15, 0.2) is 4.18 Å². The van der Waals surface area contributed by atoms with Crippen molar-refractivity contribution in [2.45, 2.75) is 36.2 Å². The van der Waals surface area contributed by atoms with E-state index in [1.54, 1.807) is 60.7 Å². The van der Waals surface area contributed by atoms with Crippen LogP contribution in [0.3, 0.4) is 0 Å². The molecule has 2 aromatic carbocycles. The molecule has 0 aliphatic heterocycles. The highest BCUT2D eigenvalue weighted by atomic mass is 127. The molecule has 32 heavy (non-hydrogen) atoms. The van der Waals surface area contributed by atoms with Crippen LogP contribution in [0.2, 0.25) is 0 Å². The molecule has 2 rings (SSSR count). The maximum Gasteiger partial charge on any atom is 0.267 e. The Morgan fingerprint density at radius 1 is 1.09 bits per heavy atom. The summed E-state index contributed by atoms with van der Waals surface area (Å²) in [6.45, 7) is 4.02. The van der Waals surface area contributed by atoms with Crippen molar-refractivity contribution in [1.29, 1.82) is 0 Å². The third kappa shape index (κ3) is 8.20. The first-order valence-electron chi connectivity index (χ1n) is 9.83. The van der Waals surface area contributed by atoms with Crippen LogP contribution in [0.15, 0.2) is 48.5 Å². The molecule has 0 radical (unpaired) electrons. The number of nitrogens with one attached hydrogen (secondary N) is 3. The second-order valence-corrected chi connectivity index (χ2v) is 9.10. The molecule has 0 heterocycles. The summed E-state index contributed by atoms with van der Waals surface area (Å²) in [7, 11) is 0. The van der Waals surface area contributed by atoms with Gasteiger partial charge in [-0.15, -0.1) is 0 Å². The van der Waals surface area contributed by atoms with E-state index in [4.69, 9.17) is 10.9 Å². The third-order valence-electron chi connectivity index (χ3n) is 4.47. The van der Waals surface area contributed by atoms with Gasteiger partial charge in [-0.2, -0.15) is 0 Å². The predicted octanol–water partition coefficient (Wildman–Crippen LogP) is 2.25. The Bertz CT molecular complexity index is 978. The van der Waals surface area contributed by atoms with Crippen LogP contribution in [0.25, 0.3) is 0 Å². The lowest BCUT2D eigenvalue weighted by molar-refractivity contribution is -0.132. The smallest absolute Gasteiger partial charge is 0.267 e. The fourth-order valence-corrected chi connectivity index (χ4v) is 3.06. The van der Waals surface area contributed by atoms with Gasteiger partial charge in [-0.05, 0) is 78.4 Å². The van der Waals surface area contributed by atoms with Gasteiger partial charge in [0.25, 0.3) is 11.8 Å². The van der Waals surface area contributed by atoms with E-state index in [1.165, 1.54) is 5.48 Å². The van der Waals surface area contributed by atoms with E-state index < -0.39 is 27.6 Å². The first kappa shape index (κ1) is 25.7. The van der Waals surface area contributed by atoms with Gasteiger partial charge in [0.2, 0.25) is 0 Å². The van der Waals surface area contributed by atoms with E-state index in [9.17, 15) is 14.0 Å². The number of alkyl halides is 2. The zero-order chi connectivity index (χ0) is 23.7. The minimum Gasteiger partial charge on any atom is -0.338 e. The molecular weight excluding hydrogens is 526 g/mol. The van der Waals surface area contributed by atoms with Crippen molar-refractivity contribution in [2.75, 3.05) is 6.54 Å². The van der Waals surface area contributed by atoms with Gasteiger partial charge in [0.05, 0.1) is 0 Å². The molecule has 170 valence electrons. The number of carbonyl (C=O) groups excluding carboxylic acids is 2. The summed E-state index contributed by atoms with van der Waals surface area (Å²) in [5, 5.41) is 14.4. The minimum absolute atomic E-state index is 0.301. The molecular formula is C23H26FIN4O3. The average molecular weight is 552 g/mol. The van der Waals surface area contributed by atoms with Gasteiger partial charge in [-0.3, -0.25) is 14.8 Å². The standard InChI is InChI=1S/C23H26FIN4O3/c1-23(2,26)20(22(31)29-32)28-21(30)18-11-9-16(10-12-18)4-3-15-5-7-17(8-6-15)13-27-14-19(24)25/h5-12,19-20,27,32H,13-14,26H2,1-2H3,(H,28,30)(H,29,31). The zero-order valence-corrected chi connectivity index (χ0v) is 19.9. The summed E-state index contributed by atoms with van der Waals surface area (Å²) in [5.41, 5.74) is 9.27. The molecule has 0 aliphatic rings. The van der Waals surface area contributed by atoms with Crippen LogP contribution < -0.4 is 21.8 Å². The minimum atomic E-state index is -1.11. The highest BCUT2D eigenvalue weighted by molar-refractivity contribution is 14.1. The fourth-order valence-electron chi connectivity index (χ4n) is 2.75. The number of hydroxylamine groups is 1. The Labute approximate surface area is 200 Å². The van der Waals surface area contributed by atoms with E-state index in [2.05, 4.69) is 22.5 Å². The van der Waals surface area contributed by atoms with Crippen LogP contribution in [-0.4, -0.2) is 39.3 Å². The summed E-state index contributed by atoms with van der Waals surface area (Å²) >= 11 is 1.72. The molecule has 2 amide bonds. The van der Waals surface area contributed by atoms with Crippen LogP contribution in [-0.2, 0) is 11.3 Å². The summed E-state index contributed by atoms with van der Waals surface area (Å²) in [6.07, 6.45) is 0. The normalized spacial score (nSPS) is 12.8. The molecule has 0 saturated carbocycles. The van der Waals surface area contributed by atoms with E-state index in [1.807, 2.05) is 24.3 Å². The highest BCUT2D eigenvalue weighted by Gasteiger charge is 2.33. The Balaban J connectivity index is 2.00. The largest absolute Gasteiger partial charge is 0.338 e. The van der Waals surface area contributed by atoms with Crippen LogP contribution in [0.4, 0.5) is 4.39 Å². The van der Waals surface area contributed by atoms with Crippen LogP contribution >= 0.6 is 22.6 Å². The lowest BCUT2D eigenvalue weighted by atomic mass is 9.95. The molecule has 0 spiro atoms. The van der Waals surface area contributed by atoms with Crippen LogP contribution in [0, 0.1) is 11.8 Å². The van der Waals surface area contributed by atoms with Crippen LogP contribution in [0.5, 0.6) is 0 Å². The fraction of sp³-hybridized carbons (Fsp3) is 0.304. The van der Waals surface area contributed by atoms with Crippen molar-refractivity contribution >= 4 is 34.4 Å². The van der Waals surface area contributed by atoms with Crippen LogP contribution in [0.1, 0.15) is 40.9 Å². The summed E-state index contributed by atoms with van der Waals surface area (Å²) in [4.78, 5) is 24.3. The second kappa shape index (κ2) is 11.9. The predicted molar refractivity (Wildman–Crippen MR) is 129 cm³/mol. The number of nitrogens with two attached hydrogens (primary N) is 1. The molecule has 9 heteroatoms. The van der Waals surface area contributed by atoms with E-state index >= 15 is 0 Å². The maximum atomic E-state index is 12.8. The number of amides is 2. The number of carbonyl (C=O) groups is 2. The molecule has 2 unspecified atom stereocenters. The Hall–Kier alpha value is -2.52. The van der Waals surface area contributed by atoms with Crippen molar-refractivity contribution < 1.29 is 19.2 Å². The zero-order valence-electron chi connectivity index (χ0n) is 17.8. The Kier molecular flexibility index (Phi) is 9.59. The summed E-state index contributed by atoms with van der Waals surface area (Å²) in [5.74, 6) is 4.79. The molecule has 0 aliphatic carbocycles. The average Bonchev–Trinajstić information content (AvgIpc) is 2.75. The first-order valence-corrected chi connectivity index (χ1v) is 11.1. The monoisotopic (exact) mass is 552 g/mol.